The van der Waals surface area contributed by atoms with Crippen LogP contribution in [0.25, 0.3) is 0 Å². The van der Waals surface area contributed by atoms with E-state index in [0.29, 0.717) is 16.3 Å². The molecule has 0 heterocycles. The molecule has 0 radical (unpaired) electrons. The minimum atomic E-state index is -0.366. The van der Waals surface area contributed by atoms with E-state index in [9.17, 15) is 4.79 Å². The molecule has 1 rings (SSSR count). The predicted octanol–water partition coefficient (Wildman–Crippen LogP) is 2.95. The maximum absolute atomic E-state index is 11.4. The van der Waals surface area contributed by atoms with Gasteiger partial charge in [-0.2, -0.15) is 0 Å². The number of ether oxygens (including phenoxy) is 1. The highest BCUT2D eigenvalue weighted by Crippen LogP contribution is 2.22. The Kier molecular flexibility index (Phi) is 3.97. The predicted molar refractivity (Wildman–Crippen MR) is 61.6 cm³/mol. The average molecular weight is 228 g/mol. The third kappa shape index (κ3) is 3.13. The van der Waals surface area contributed by atoms with Gasteiger partial charge < -0.3 is 10.1 Å². The van der Waals surface area contributed by atoms with Crippen LogP contribution in [0.3, 0.4) is 0 Å². The highest BCUT2D eigenvalue weighted by Gasteiger charge is 2.12. The maximum atomic E-state index is 11.4. The van der Waals surface area contributed by atoms with E-state index in [-0.39, 0.29) is 12.0 Å². The first-order chi connectivity index (χ1) is 7.04. The zero-order valence-corrected chi connectivity index (χ0v) is 9.76. The van der Waals surface area contributed by atoms with Crippen molar-refractivity contribution in [3.8, 4) is 0 Å². The van der Waals surface area contributed by atoms with Crippen molar-refractivity contribution >= 4 is 23.3 Å². The van der Waals surface area contributed by atoms with Crippen molar-refractivity contribution in [1.29, 1.82) is 0 Å². The summed E-state index contributed by atoms with van der Waals surface area (Å²) in [6.07, 6.45) is 0. The lowest BCUT2D eigenvalue weighted by molar-refractivity contribution is 0.0602. The Bertz CT molecular complexity index is 364. The molecule has 1 N–H and O–H groups in total. The van der Waals surface area contributed by atoms with Gasteiger partial charge in [0.05, 0.1) is 18.4 Å². The van der Waals surface area contributed by atoms with Gasteiger partial charge in [0.25, 0.3) is 0 Å². The van der Waals surface area contributed by atoms with Gasteiger partial charge in [-0.3, -0.25) is 0 Å². The van der Waals surface area contributed by atoms with Gasteiger partial charge in [-0.15, -0.1) is 0 Å². The number of carbonyl (C=O) groups is 1. The molecule has 4 heteroatoms. The number of methoxy groups -OCH3 is 1. The maximum Gasteiger partial charge on any atom is 0.339 e. The molecule has 0 aromatic heterocycles. The van der Waals surface area contributed by atoms with Crippen LogP contribution < -0.4 is 5.32 Å². The van der Waals surface area contributed by atoms with Crippen LogP contribution in [0.15, 0.2) is 18.2 Å². The second kappa shape index (κ2) is 5.03. The number of rotatable bonds is 3. The monoisotopic (exact) mass is 227 g/mol. The first-order valence-electron chi connectivity index (χ1n) is 4.69. The number of hydrogen-bond donors (Lipinski definition) is 1. The Hall–Kier alpha value is -1.22. The van der Waals surface area contributed by atoms with Crippen LogP contribution in [-0.2, 0) is 4.74 Å². The number of halogens is 1. The third-order valence-electron chi connectivity index (χ3n) is 1.83. The molecule has 0 amide bonds. The first-order valence-corrected chi connectivity index (χ1v) is 5.06. The van der Waals surface area contributed by atoms with Crippen LogP contribution >= 0.6 is 11.6 Å². The molecule has 0 spiro atoms. The second-order valence-corrected chi connectivity index (χ2v) is 3.92. The fraction of sp³-hybridized carbons (Fsp3) is 0.364. The summed E-state index contributed by atoms with van der Waals surface area (Å²) in [5.41, 5.74) is 1.19. The highest BCUT2D eigenvalue weighted by molar-refractivity contribution is 6.31. The second-order valence-electron chi connectivity index (χ2n) is 3.48. The zero-order chi connectivity index (χ0) is 11.4. The van der Waals surface area contributed by atoms with Crippen LogP contribution in [0.4, 0.5) is 5.69 Å². The van der Waals surface area contributed by atoms with Crippen molar-refractivity contribution in [2.24, 2.45) is 0 Å². The lowest BCUT2D eigenvalue weighted by Crippen LogP contribution is -2.14. The van der Waals surface area contributed by atoms with Crippen LogP contribution in [0.5, 0.6) is 0 Å². The van der Waals surface area contributed by atoms with E-state index in [4.69, 9.17) is 11.6 Å². The summed E-state index contributed by atoms with van der Waals surface area (Å²) < 4.78 is 4.68. The van der Waals surface area contributed by atoms with Crippen LogP contribution in [0, 0.1) is 0 Å². The molecule has 1 aromatic carbocycles. The minimum absolute atomic E-state index is 0.229. The van der Waals surface area contributed by atoms with E-state index < -0.39 is 0 Å². The van der Waals surface area contributed by atoms with E-state index in [2.05, 4.69) is 10.1 Å². The standard InChI is InChI=1S/C11H14ClNO2/c1-7(2)13-10-6-8(12)4-5-9(10)11(14)15-3/h4-7,13H,1-3H3. The number of benzene rings is 1. The Balaban J connectivity index is 3.08. The topological polar surface area (TPSA) is 38.3 Å². The Morgan fingerprint density at radius 2 is 2.13 bits per heavy atom. The molecular weight excluding hydrogens is 214 g/mol. The normalized spacial score (nSPS) is 10.2. The number of nitrogens with one attached hydrogen (secondary N) is 1. The summed E-state index contributed by atoms with van der Waals surface area (Å²) >= 11 is 5.86. The van der Waals surface area contributed by atoms with Gasteiger partial charge in [0.2, 0.25) is 0 Å². The average Bonchev–Trinajstić information content (AvgIpc) is 2.16. The van der Waals surface area contributed by atoms with Crippen LogP contribution in [-0.4, -0.2) is 19.1 Å². The number of esters is 1. The Morgan fingerprint density at radius 3 is 2.67 bits per heavy atom. The first kappa shape index (κ1) is 11.9. The number of hydrogen-bond acceptors (Lipinski definition) is 3. The van der Waals surface area contributed by atoms with Gasteiger partial charge in [-0.1, -0.05) is 11.6 Å². The lowest BCUT2D eigenvalue weighted by Gasteiger charge is -2.13. The summed E-state index contributed by atoms with van der Waals surface area (Å²) in [4.78, 5) is 11.4. The molecule has 0 atom stereocenters. The van der Waals surface area contributed by atoms with E-state index in [1.54, 1.807) is 18.2 Å². The molecule has 0 fully saturated rings. The molecule has 0 unspecified atom stereocenters. The number of anilines is 1. The summed E-state index contributed by atoms with van der Waals surface area (Å²) in [5, 5.41) is 3.73. The van der Waals surface area contributed by atoms with Gasteiger partial charge >= 0.3 is 5.97 Å². The Labute approximate surface area is 94.4 Å². The fourth-order valence-corrected chi connectivity index (χ4v) is 1.41. The molecule has 0 saturated carbocycles. The molecule has 1 aromatic rings. The minimum Gasteiger partial charge on any atom is -0.465 e. The molecule has 82 valence electrons. The SMILES string of the molecule is COC(=O)c1ccc(Cl)cc1NC(C)C. The van der Waals surface area contributed by atoms with Crippen molar-refractivity contribution < 1.29 is 9.53 Å². The van der Waals surface area contributed by atoms with Crippen molar-refractivity contribution in [3.05, 3.63) is 28.8 Å². The highest BCUT2D eigenvalue weighted by atomic mass is 35.5. The van der Waals surface area contributed by atoms with E-state index in [0.717, 1.165) is 0 Å². The smallest absolute Gasteiger partial charge is 0.339 e. The van der Waals surface area contributed by atoms with Gasteiger partial charge in [0.15, 0.2) is 0 Å². The fourth-order valence-electron chi connectivity index (χ4n) is 1.23. The quantitative estimate of drug-likeness (QED) is 0.807. The van der Waals surface area contributed by atoms with E-state index in [1.165, 1.54) is 7.11 Å². The molecule has 0 bridgehead atoms. The van der Waals surface area contributed by atoms with Gasteiger partial charge in [-0.05, 0) is 32.0 Å². The molecular formula is C11H14ClNO2. The summed E-state index contributed by atoms with van der Waals surface area (Å²) in [7, 11) is 1.36. The molecule has 3 nitrogen and oxygen atoms in total. The van der Waals surface area contributed by atoms with Crippen molar-refractivity contribution in [1.82, 2.24) is 0 Å². The van der Waals surface area contributed by atoms with Crippen molar-refractivity contribution in [2.75, 3.05) is 12.4 Å². The lowest BCUT2D eigenvalue weighted by atomic mass is 10.1. The molecule has 0 saturated heterocycles. The summed E-state index contributed by atoms with van der Waals surface area (Å²) in [6, 6.07) is 5.26. The van der Waals surface area contributed by atoms with Crippen molar-refractivity contribution in [3.63, 3.8) is 0 Å². The Morgan fingerprint density at radius 1 is 1.47 bits per heavy atom. The zero-order valence-electron chi connectivity index (χ0n) is 9.00. The molecule has 15 heavy (non-hydrogen) atoms. The summed E-state index contributed by atoms with van der Waals surface area (Å²) in [6.45, 7) is 3.98. The number of carbonyl (C=O) groups excluding carboxylic acids is 1. The molecule has 0 aliphatic rings. The van der Waals surface area contributed by atoms with Crippen LogP contribution in [0.2, 0.25) is 5.02 Å². The third-order valence-corrected chi connectivity index (χ3v) is 2.07. The van der Waals surface area contributed by atoms with Crippen LogP contribution in [0.1, 0.15) is 24.2 Å². The van der Waals surface area contributed by atoms with Gasteiger partial charge in [0, 0.05) is 11.1 Å². The molecule has 0 aliphatic carbocycles. The van der Waals surface area contributed by atoms with E-state index in [1.807, 2.05) is 13.8 Å². The summed E-state index contributed by atoms with van der Waals surface area (Å²) in [5.74, 6) is -0.366. The van der Waals surface area contributed by atoms with E-state index >= 15 is 0 Å². The largest absolute Gasteiger partial charge is 0.465 e. The van der Waals surface area contributed by atoms with Crippen molar-refractivity contribution in [2.45, 2.75) is 19.9 Å². The van der Waals surface area contributed by atoms with Gasteiger partial charge in [0.1, 0.15) is 0 Å². The molecule has 0 aliphatic heterocycles. The van der Waals surface area contributed by atoms with Gasteiger partial charge in [-0.25, -0.2) is 4.79 Å².